The molecule has 0 fully saturated rings. The topological polar surface area (TPSA) is 113 Å². The highest BCUT2D eigenvalue weighted by Gasteiger charge is 2.19. The first-order valence-corrected chi connectivity index (χ1v) is 8.45. The number of nitrogens with zero attached hydrogens (tertiary/aromatic N) is 2. The first kappa shape index (κ1) is 19.8. The van der Waals surface area contributed by atoms with Crippen LogP contribution in [0.5, 0.6) is 0 Å². The maximum absolute atomic E-state index is 12.2. The van der Waals surface area contributed by atoms with Crippen molar-refractivity contribution in [3.05, 3.63) is 20.8 Å². The van der Waals surface area contributed by atoms with Gasteiger partial charge in [-0.1, -0.05) is 27.2 Å². The van der Waals surface area contributed by atoms with E-state index in [4.69, 9.17) is 5.73 Å². The second-order valence-electron chi connectivity index (χ2n) is 6.21. The highest BCUT2D eigenvalue weighted by Crippen LogP contribution is 2.16. The van der Waals surface area contributed by atoms with Crippen molar-refractivity contribution in [2.75, 3.05) is 30.3 Å². The molecule has 8 heteroatoms. The number of carbonyl (C=O) groups excluding carboxylic acids is 1. The van der Waals surface area contributed by atoms with Crippen LogP contribution in [0.2, 0.25) is 0 Å². The second kappa shape index (κ2) is 9.14. The Bertz CT molecular complexity index is 663. The van der Waals surface area contributed by atoms with Gasteiger partial charge in [-0.15, -0.1) is 0 Å². The van der Waals surface area contributed by atoms with E-state index in [-0.39, 0.29) is 24.0 Å². The van der Waals surface area contributed by atoms with Gasteiger partial charge in [0.05, 0.1) is 6.54 Å². The van der Waals surface area contributed by atoms with Crippen LogP contribution >= 0.6 is 0 Å². The number of unbranched alkanes of at least 4 members (excludes halogenated alkanes) is 1. The molecule has 1 aromatic rings. The third-order valence-electron chi connectivity index (χ3n) is 3.69. The van der Waals surface area contributed by atoms with Crippen LogP contribution in [-0.2, 0) is 11.3 Å². The van der Waals surface area contributed by atoms with Crippen molar-refractivity contribution in [2.24, 2.45) is 5.92 Å². The largest absolute Gasteiger partial charge is 0.383 e. The number of carbonyl (C=O) groups is 1. The first-order chi connectivity index (χ1) is 11.3. The molecule has 4 N–H and O–H groups in total. The Morgan fingerprint density at radius 3 is 2.54 bits per heavy atom. The number of amides is 1. The molecule has 8 nitrogen and oxygen atoms in total. The Morgan fingerprint density at radius 1 is 1.33 bits per heavy atom. The summed E-state index contributed by atoms with van der Waals surface area (Å²) in [4.78, 5) is 40.1. The lowest BCUT2D eigenvalue weighted by Gasteiger charge is -2.24. The molecule has 0 saturated carbocycles. The van der Waals surface area contributed by atoms with E-state index in [0.29, 0.717) is 25.6 Å². The van der Waals surface area contributed by atoms with Gasteiger partial charge in [0.15, 0.2) is 0 Å². The summed E-state index contributed by atoms with van der Waals surface area (Å²) in [6, 6.07) is 0. The molecule has 1 aromatic heterocycles. The third-order valence-corrected chi connectivity index (χ3v) is 3.69. The predicted octanol–water partition coefficient (Wildman–Crippen LogP) is 0.517. The number of hydrogen-bond donors (Lipinski definition) is 3. The van der Waals surface area contributed by atoms with Crippen LogP contribution in [0.3, 0.4) is 0 Å². The summed E-state index contributed by atoms with van der Waals surface area (Å²) in [6.07, 6.45) is 1.67. The lowest BCUT2D eigenvalue weighted by atomic mass is 10.2. The quantitative estimate of drug-likeness (QED) is 0.607. The zero-order valence-electron chi connectivity index (χ0n) is 15.0. The number of aromatic nitrogens is 2. The Hall–Kier alpha value is -2.25. The van der Waals surface area contributed by atoms with Gasteiger partial charge in [0.25, 0.3) is 5.56 Å². The minimum atomic E-state index is -0.566. The molecule has 0 bridgehead atoms. The normalized spacial score (nSPS) is 10.9. The number of nitrogen functional groups attached to an aromatic ring is 1. The molecule has 0 unspecified atom stereocenters. The number of aromatic amines is 1. The summed E-state index contributed by atoms with van der Waals surface area (Å²) >= 11 is 0. The summed E-state index contributed by atoms with van der Waals surface area (Å²) in [6.45, 7) is 9.28. The van der Waals surface area contributed by atoms with E-state index in [0.717, 1.165) is 12.8 Å². The van der Waals surface area contributed by atoms with Gasteiger partial charge in [-0.05, 0) is 19.3 Å². The highest BCUT2D eigenvalue weighted by molar-refractivity contribution is 5.82. The Kier molecular flexibility index (Phi) is 7.54. The van der Waals surface area contributed by atoms with Crippen molar-refractivity contribution in [2.45, 2.75) is 47.1 Å². The smallest absolute Gasteiger partial charge is 0.330 e. The fraction of sp³-hybridized carbons (Fsp3) is 0.688. The number of nitrogens with one attached hydrogen (secondary N) is 2. The van der Waals surface area contributed by atoms with Crippen molar-refractivity contribution in [1.82, 2.24) is 14.9 Å². The Morgan fingerprint density at radius 2 is 2.00 bits per heavy atom. The predicted molar refractivity (Wildman–Crippen MR) is 96.4 cm³/mol. The monoisotopic (exact) mass is 339 g/mol. The van der Waals surface area contributed by atoms with E-state index < -0.39 is 11.2 Å². The maximum Gasteiger partial charge on any atom is 0.330 e. The molecule has 0 aliphatic heterocycles. The molecule has 1 heterocycles. The average molecular weight is 339 g/mol. The number of anilines is 2. The van der Waals surface area contributed by atoms with Gasteiger partial charge < -0.3 is 16.0 Å². The SMILES string of the molecule is CCCCn1c(N)c(N(CC)CC(=O)NCC(C)C)c(=O)[nH]c1=O. The van der Waals surface area contributed by atoms with E-state index in [9.17, 15) is 14.4 Å². The van der Waals surface area contributed by atoms with Gasteiger partial charge in [-0.2, -0.15) is 0 Å². The number of likely N-dealkylation sites (N-methyl/N-ethyl adjacent to an activating group) is 1. The fourth-order valence-corrected chi connectivity index (χ4v) is 2.32. The molecule has 0 aliphatic rings. The average Bonchev–Trinajstić information content (AvgIpc) is 2.51. The minimum Gasteiger partial charge on any atom is -0.383 e. The van der Waals surface area contributed by atoms with Crippen LogP contribution in [0.4, 0.5) is 11.5 Å². The molecule has 24 heavy (non-hydrogen) atoms. The van der Waals surface area contributed by atoms with Crippen molar-refractivity contribution in [3.8, 4) is 0 Å². The summed E-state index contributed by atoms with van der Waals surface area (Å²) in [5.41, 5.74) is 5.16. The zero-order valence-corrected chi connectivity index (χ0v) is 15.0. The summed E-state index contributed by atoms with van der Waals surface area (Å²) in [5, 5.41) is 2.81. The standard InChI is InChI=1S/C16H29N5O3/c1-5-7-8-21-14(17)13(15(23)19-16(21)24)20(6-2)10-12(22)18-9-11(3)4/h11H,5-10,17H2,1-4H3,(H,18,22)(H,19,23,24). The van der Waals surface area contributed by atoms with Gasteiger partial charge in [-0.25, -0.2) is 4.79 Å². The van der Waals surface area contributed by atoms with Crippen molar-refractivity contribution in [3.63, 3.8) is 0 Å². The Balaban J connectivity index is 3.10. The molecular formula is C16H29N5O3. The molecule has 1 rings (SSSR count). The van der Waals surface area contributed by atoms with Gasteiger partial charge >= 0.3 is 5.69 Å². The molecule has 0 saturated heterocycles. The third kappa shape index (κ3) is 5.14. The first-order valence-electron chi connectivity index (χ1n) is 8.45. The van der Waals surface area contributed by atoms with Gasteiger partial charge in [-0.3, -0.25) is 19.1 Å². The molecule has 136 valence electrons. The van der Waals surface area contributed by atoms with Crippen molar-refractivity contribution in [1.29, 1.82) is 0 Å². The molecule has 0 aliphatic carbocycles. The van der Waals surface area contributed by atoms with Crippen LogP contribution < -0.4 is 27.2 Å². The summed E-state index contributed by atoms with van der Waals surface area (Å²) < 4.78 is 1.36. The van der Waals surface area contributed by atoms with Crippen LogP contribution in [0.25, 0.3) is 0 Å². The number of hydrogen-bond acceptors (Lipinski definition) is 5. The fourth-order valence-electron chi connectivity index (χ4n) is 2.32. The number of nitrogens with two attached hydrogens (primary N) is 1. The molecular weight excluding hydrogens is 310 g/mol. The Labute approximate surface area is 142 Å². The second-order valence-corrected chi connectivity index (χ2v) is 6.21. The molecule has 0 radical (unpaired) electrons. The number of rotatable bonds is 9. The maximum atomic E-state index is 12.2. The van der Waals surface area contributed by atoms with Crippen LogP contribution in [0.15, 0.2) is 9.59 Å². The van der Waals surface area contributed by atoms with E-state index in [2.05, 4.69) is 10.3 Å². The van der Waals surface area contributed by atoms with E-state index in [1.54, 1.807) is 4.90 Å². The summed E-state index contributed by atoms with van der Waals surface area (Å²) in [7, 11) is 0. The molecule has 1 amide bonds. The van der Waals surface area contributed by atoms with Gasteiger partial charge in [0.2, 0.25) is 5.91 Å². The van der Waals surface area contributed by atoms with Crippen LogP contribution in [-0.4, -0.2) is 35.1 Å². The van der Waals surface area contributed by atoms with Crippen LogP contribution in [0.1, 0.15) is 40.5 Å². The highest BCUT2D eigenvalue weighted by atomic mass is 16.2. The lowest BCUT2D eigenvalue weighted by Crippen LogP contribution is -2.43. The lowest BCUT2D eigenvalue weighted by molar-refractivity contribution is -0.119. The van der Waals surface area contributed by atoms with E-state index >= 15 is 0 Å². The van der Waals surface area contributed by atoms with Gasteiger partial charge in [0, 0.05) is 19.6 Å². The number of H-pyrrole nitrogens is 1. The van der Waals surface area contributed by atoms with Crippen molar-refractivity contribution < 1.29 is 4.79 Å². The van der Waals surface area contributed by atoms with E-state index in [1.165, 1.54) is 4.57 Å². The van der Waals surface area contributed by atoms with Crippen LogP contribution in [0, 0.1) is 5.92 Å². The van der Waals surface area contributed by atoms with Gasteiger partial charge in [0.1, 0.15) is 11.5 Å². The summed E-state index contributed by atoms with van der Waals surface area (Å²) in [5.74, 6) is 0.264. The molecule has 0 spiro atoms. The minimum absolute atomic E-state index is 0.0164. The molecule has 0 atom stereocenters. The van der Waals surface area contributed by atoms with E-state index in [1.807, 2.05) is 27.7 Å². The van der Waals surface area contributed by atoms with Crippen molar-refractivity contribution >= 4 is 17.4 Å². The zero-order chi connectivity index (χ0) is 18.3. The molecule has 0 aromatic carbocycles.